The molecule has 1 aliphatic heterocycles. The van der Waals surface area contributed by atoms with Gasteiger partial charge in [0.15, 0.2) is 0 Å². The number of urea groups is 1. The maximum atomic E-state index is 13.3. The quantitative estimate of drug-likeness (QED) is 0.333. The number of rotatable bonds is 10. The summed E-state index contributed by atoms with van der Waals surface area (Å²) < 4.78 is 7.92. The molecule has 2 amide bonds. The Morgan fingerprint density at radius 3 is 2.60 bits per heavy atom. The summed E-state index contributed by atoms with van der Waals surface area (Å²) in [6.07, 6.45) is 7.17. The van der Waals surface area contributed by atoms with Crippen molar-refractivity contribution >= 4 is 23.1 Å². The first-order chi connectivity index (χ1) is 17.0. The molecule has 0 saturated heterocycles. The van der Waals surface area contributed by atoms with Crippen LogP contribution in [0.5, 0.6) is 5.75 Å². The molecule has 0 radical (unpaired) electrons. The molecule has 0 unspecified atom stereocenters. The first kappa shape index (κ1) is 25.3. The van der Waals surface area contributed by atoms with Gasteiger partial charge in [0.2, 0.25) is 0 Å². The summed E-state index contributed by atoms with van der Waals surface area (Å²) in [5, 5.41) is 7.61. The van der Waals surface area contributed by atoms with E-state index in [1.165, 1.54) is 21.0 Å². The first-order valence-corrected chi connectivity index (χ1v) is 13.6. The van der Waals surface area contributed by atoms with Crippen LogP contribution in [0.1, 0.15) is 62.6 Å². The Labute approximate surface area is 213 Å². The predicted octanol–water partition coefficient (Wildman–Crippen LogP) is 6.61. The Bertz CT molecular complexity index is 1110. The smallest absolute Gasteiger partial charge is 0.319 e. The van der Waals surface area contributed by atoms with Crippen LogP contribution in [0.15, 0.2) is 48.8 Å². The highest BCUT2D eigenvalue weighted by Crippen LogP contribution is 2.41. The van der Waals surface area contributed by atoms with Gasteiger partial charge < -0.3 is 19.9 Å². The average Bonchev–Trinajstić information content (AvgIpc) is 3.50. The molecule has 0 saturated carbocycles. The molecule has 0 fully saturated rings. The predicted molar refractivity (Wildman–Crippen MR) is 145 cm³/mol. The summed E-state index contributed by atoms with van der Waals surface area (Å²) in [5.41, 5.74) is 3.39. The Balaban J connectivity index is 1.66. The van der Waals surface area contributed by atoms with E-state index in [2.05, 4.69) is 65.4 Å². The number of nitrogens with zero attached hydrogens (tertiary/aromatic N) is 2. The highest BCUT2D eigenvalue weighted by Gasteiger charge is 2.30. The topological polar surface area (TPSA) is 58.5 Å². The zero-order chi connectivity index (χ0) is 24.8. The summed E-state index contributed by atoms with van der Waals surface area (Å²) in [6.45, 7) is 12.3. The van der Waals surface area contributed by atoms with E-state index in [9.17, 15) is 4.79 Å². The number of benzene rings is 1. The van der Waals surface area contributed by atoms with Gasteiger partial charge in [-0.15, -0.1) is 11.3 Å². The van der Waals surface area contributed by atoms with E-state index in [1.807, 2.05) is 42.5 Å². The van der Waals surface area contributed by atoms with Crippen LogP contribution in [-0.4, -0.2) is 35.2 Å². The number of ether oxygens (including phenoxy) is 1. The van der Waals surface area contributed by atoms with Gasteiger partial charge in [-0.05, 0) is 68.5 Å². The molecular weight excluding hydrogens is 456 g/mol. The number of carbonyl (C=O) groups is 1. The van der Waals surface area contributed by atoms with Gasteiger partial charge in [-0.3, -0.25) is 4.90 Å². The molecule has 3 aromatic rings. The average molecular weight is 495 g/mol. The number of fused-ring (bicyclic) bond motifs is 1. The van der Waals surface area contributed by atoms with Crippen molar-refractivity contribution in [2.24, 2.45) is 5.92 Å². The van der Waals surface area contributed by atoms with Crippen molar-refractivity contribution in [3.8, 4) is 10.8 Å². The van der Waals surface area contributed by atoms with Gasteiger partial charge in [0.25, 0.3) is 0 Å². The summed E-state index contributed by atoms with van der Waals surface area (Å²) >= 11 is 1.87. The zero-order valence-electron chi connectivity index (χ0n) is 21.3. The second kappa shape index (κ2) is 11.8. The van der Waals surface area contributed by atoms with Crippen molar-refractivity contribution in [2.45, 2.75) is 59.5 Å². The van der Waals surface area contributed by atoms with E-state index >= 15 is 0 Å². The van der Waals surface area contributed by atoms with Crippen LogP contribution >= 0.6 is 11.3 Å². The molecule has 1 atom stereocenters. The fourth-order valence-corrected chi connectivity index (χ4v) is 6.13. The van der Waals surface area contributed by atoms with Crippen molar-refractivity contribution in [3.63, 3.8) is 0 Å². The molecule has 0 spiro atoms. The van der Waals surface area contributed by atoms with Crippen LogP contribution < -0.4 is 15.4 Å². The molecule has 2 N–H and O–H groups in total. The lowest BCUT2D eigenvalue weighted by Crippen LogP contribution is -2.35. The molecular formula is C28H38N4O2S. The number of hydrogen-bond donors (Lipinski definition) is 2. The third-order valence-electron chi connectivity index (χ3n) is 6.56. The Hall–Kier alpha value is -2.77. The van der Waals surface area contributed by atoms with Crippen molar-refractivity contribution in [2.75, 3.05) is 25.0 Å². The number of hydrogen-bond acceptors (Lipinski definition) is 4. The SMILES string of the molecule is CCOc1ccccc1NC(=O)N[C@H](CCC(C)C)c1c(-n2cccc2)sc2c1CCN(CC)C2. The largest absolute Gasteiger partial charge is 0.492 e. The fourth-order valence-electron chi connectivity index (χ4n) is 4.71. The van der Waals surface area contributed by atoms with Crippen LogP contribution in [0.2, 0.25) is 0 Å². The van der Waals surface area contributed by atoms with Gasteiger partial charge >= 0.3 is 6.03 Å². The van der Waals surface area contributed by atoms with Gasteiger partial charge in [-0.2, -0.15) is 0 Å². The lowest BCUT2D eigenvalue weighted by molar-refractivity contribution is 0.246. The normalized spacial score (nSPS) is 14.5. The minimum atomic E-state index is -0.199. The number of para-hydroxylation sites is 2. The maximum Gasteiger partial charge on any atom is 0.319 e. The number of carbonyl (C=O) groups excluding carboxylic acids is 1. The lowest BCUT2D eigenvalue weighted by Gasteiger charge is -2.28. The number of likely N-dealkylation sites (N-methyl/N-ethyl adjacent to an activating group) is 1. The van der Waals surface area contributed by atoms with E-state index in [0.717, 1.165) is 38.9 Å². The number of amides is 2. The summed E-state index contributed by atoms with van der Waals surface area (Å²) in [7, 11) is 0. The van der Waals surface area contributed by atoms with Crippen LogP contribution in [0.25, 0.3) is 5.00 Å². The zero-order valence-corrected chi connectivity index (χ0v) is 22.2. The van der Waals surface area contributed by atoms with Crippen molar-refractivity contribution in [1.82, 2.24) is 14.8 Å². The molecule has 35 heavy (non-hydrogen) atoms. The molecule has 4 rings (SSSR count). The molecule has 0 aliphatic carbocycles. The van der Waals surface area contributed by atoms with E-state index in [1.54, 1.807) is 0 Å². The molecule has 1 aliphatic rings. The molecule has 0 bridgehead atoms. The van der Waals surface area contributed by atoms with Crippen LogP contribution in [-0.2, 0) is 13.0 Å². The highest BCUT2D eigenvalue weighted by molar-refractivity contribution is 7.15. The molecule has 2 aromatic heterocycles. The number of aromatic nitrogens is 1. The van der Waals surface area contributed by atoms with Crippen molar-refractivity contribution < 1.29 is 9.53 Å². The van der Waals surface area contributed by atoms with Gasteiger partial charge in [0.05, 0.1) is 18.3 Å². The third-order valence-corrected chi connectivity index (χ3v) is 7.81. The number of thiophene rings is 1. The van der Waals surface area contributed by atoms with Crippen LogP contribution in [0.3, 0.4) is 0 Å². The van der Waals surface area contributed by atoms with Crippen molar-refractivity contribution in [3.05, 3.63) is 64.8 Å². The third kappa shape index (κ3) is 6.08. The first-order valence-electron chi connectivity index (χ1n) is 12.8. The summed E-state index contributed by atoms with van der Waals surface area (Å²) in [6, 6.07) is 11.5. The minimum absolute atomic E-state index is 0.0674. The van der Waals surface area contributed by atoms with Gasteiger partial charge in [-0.25, -0.2) is 4.79 Å². The van der Waals surface area contributed by atoms with E-state index in [-0.39, 0.29) is 12.1 Å². The van der Waals surface area contributed by atoms with Gasteiger partial charge in [0, 0.05) is 35.9 Å². The lowest BCUT2D eigenvalue weighted by atomic mass is 9.92. The van der Waals surface area contributed by atoms with Crippen LogP contribution in [0.4, 0.5) is 10.5 Å². The second-order valence-corrected chi connectivity index (χ2v) is 10.6. The minimum Gasteiger partial charge on any atom is -0.492 e. The summed E-state index contributed by atoms with van der Waals surface area (Å²) in [4.78, 5) is 17.2. The van der Waals surface area contributed by atoms with Crippen molar-refractivity contribution in [1.29, 1.82) is 0 Å². The van der Waals surface area contributed by atoms with E-state index in [4.69, 9.17) is 4.74 Å². The van der Waals surface area contributed by atoms with E-state index < -0.39 is 0 Å². The monoisotopic (exact) mass is 494 g/mol. The Morgan fingerprint density at radius 2 is 1.89 bits per heavy atom. The molecule has 7 heteroatoms. The molecule has 1 aromatic carbocycles. The maximum absolute atomic E-state index is 13.3. The highest BCUT2D eigenvalue weighted by atomic mass is 32.1. The number of nitrogens with one attached hydrogen (secondary N) is 2. The molecule has 188 valence electrons. The summed E-state index contributed by atoms with van der Waals surface area (Å²) in [5.74, 6) is 1.24. The standard InChI is InChI=1S/C28H38N4O2S/c1-5-31-18-15-21-25(19-31)35-27(32-16-9-10-17-32)26(21)23(14-13-20(3)4)30-28(33)29-22-11-7-8-12-24(22)34-6-2/h7-12,16-17,20,23H,5-6,13-15,18-19H2,1-4H3,(H2,29,30,33)/t23-/m1/s1. The number of anilines is 1. The fraction of sp³-hybridized carbons (Fsp3) is 0.464. The molecule has 3 heterocycles. The second-order valence-electron chi connectivity index (χ2n) is 9.48. The van der Waals surface area contributed by atoms with Crippen LogP contribution in [0, 0.1) is 5.92 Å². The Morgan fingerprint density at radius 1 is 1.11 bits per heavy atom. The van der Waals surface area contributed by atoms with Gasteiger partial charge in [-0.1, -0.05) is 32.9 Å². The Kier molecular flexibility index (Phi) is 8.52. The van der Waals surface area contributed by atoms with Gasteiger partial charge in [0.1, 0.15) is 10.8 Å². The van der Waals surface area contributed by atoms with E-state index in [0.29, 0.717) is 24.0 Å². The molecule has 6 nitrogen and oxygen atoms in total.